The first-order valence-electron chi connectivity index (χ1n) is 5.58. The van der Waals surface area contributed by atoms with Gasteiger partial charge in [0.05, 0.1) is 16.5 Å². The van der Waals surface area contributed by atoms with Gasteiger partial charge in [-0.2, -0.15) is 0 Å². The Hall–Kier alpha value is -2.11. The van der Waals surface area contributed by atoms with E-state index in [1.165, 1.54) is 6.07 Å². The first-order chi connectivity index (χ1) is 8.42. The number of nitrogens with zero attached hydrogens (tertiary/aromatic N) is 1. The van der Waals surface area contributed by atoms with Crippen molar-refractivity contribution in [3.05, 3.63) is 39.9 Å². The summed E-state index contributed by atoms with van der Waals surface area (Å²) in [6.07, 6.45) is -0.544. The molecular formula is C12H14N2O4. The van der Waals surface area contributed by atoms with Crippen molar-refractivity contribution in [2.24, 2.45) is 5.41 Å². The summed E-state index contributed by atoms with van der Waals surface area (Å²) < 4.78 is 4.93. The second-order valence-electron chi connectivity index (χ2n) is 4.96. The average Bonchev–Trinajstić information content (AvgIpc) is 2.32. The summed E-state index contributed by atoms with van der Waals surface area (Å²) in [4.78, 5) is 21.9. The van der Waals surface area contributed by atoms with E-state index >= 15 is 0 Å². The van der Waals surface area contributed by atoms with Crippen molar-refractivity contribution < 1.29 is 14.5 Å². The second kappa shape index (κ2) is 4.29. The molecule has 0 aliphatic carbocycles. The number of nitro groups is 1. The Bertz CT molecular complexity index is 499. The van der Waals surface area contributed by atoms with Crippen molar-refractivity contribution in [2.75, 3.05) is 6.61 Å². The van der Waals surface area contributed by atoms with Crippen LogP contribution in [0.5, 0.6) is 0 Å². The number of hydrogen-bond acceptors (Lipinski definition) is 4. The molecule has 18 heavy (non-hydrogen) atoms. The van der Waals surface area contributed by atoms with Gasteiger partial charge in [0.25, 0.3) is 5.69 Å². The number of alkyl carbamates (subject to hydrolysis) is 1. The lowest BCUT2D eigenvalue weighted by Crippen LogP contribution is -2.47. The first-order valence-corrected chi connectivity index (χ1v) is 5.58. The molecule has 0 aromatic heterocycles. The summed E-state index contributed by atoms with van der Waals surface area (Å²) in [6.45, 7) is 4.03. The van der Waals surface area contributed by atoms with Crippen LogP contribution >= 0.6 is 0 Å². The summed E-state index contributed by atoms with van der Waals surface area (Å²) in [5.41, 5.74) is 0.113. The van der Waals surface area contributed by atoms with Gasteiger partial charge < -0.3 is 10.1 Å². The Morgan fingerprint density at radius 3 is 2.78 bits per heavy atom. The normalized spacial score (nSPS) is 21.9. The number of cyclic esters (lactones) is 1. The van der Waals surface area contributed by atoms with E-state index in [0.717, 1.165) is 0 Å². The van der Waals surface area contributed by atoms with Crippen LogP contribution in [-0.4, -0.2) is 17.6 Å². The highest BCUT2D eigenvalue weighted by atomic mass is 16.6. The fraction of sp³-hybridized carbons (Fsp3) is 0.417. The maximum absolute atomic E-state index is 11.3. The largest absolute Gasteiger partial charge is 0.449 e. The molecule has 1 saturated heterocycles. The average molecular weight is 250 g/mol. The highest BCUT2D eigenvalue weighted by molar-refractivity contribution is 5.69. The summed E-state index contributed by atoms with van der Waals surface area (Å²) >= 11 is 0. The van der Waals surface area contributed by atoms with Gasteiger partial charge in [-0.05, 0) is 0 Å². The van der Waals surface area contributed by atoms with Crippen molar-refractivity contribution in [3.63, 3.8) is 0 Å². The number of nitrogens with one attached hydrogen (secondary N) is 1. The van der Waals surface area contributed by atoms with Crippen LogP contribution < -0.4 is 5.32 Å². The number of carbonyl (C=O) groups is 1. The van der Waals surface area contributed by atoms with Crippen LogP contribution in [0.2, 0.25) is 0 Å². The molecule has 1 fully saturated rings. The topological polar surface area (TPSA) is 81.5 Å². The Morgan fingerprint density at radius 1 is 1.44 bits per heavy atom. The van der Waals surface area contributed by atoms with E-state index in [4.69, 9.17) is 4.74 Å². The Kier molecular flexibility index (Phi) is 2.94. The van der Waals surface area contributed by atoms with Gasteiger partial charge in [0.15, 0.2) is 0 Å². The van der Waals surface area contributed by atoms with Gasteiger partial charge in [0.2, 0.25) is 0 Å². The van der Waals surface area contributed by atoms with E-state index in [2.05, 4.69) is 5.32 Å². The van der Waals surface area contributed by atoms with Crippen molar-refractivity contribution in [2.45, 2.75) is 19.9 Å². The zero-order valence-corrected chi connectivity index (χ0v) is 10.2. The third-order valence-electron chi connectivity index (χ3n) is 3.06. The molecule has 1 N–H and O–H groups in total. The molecule has 1 heterocycles. The molecule has 0 radical (unpaired) electrons. The van der Waals surface area contributed by atoms with Crippen molar-refractivity contribution in [1.29, 1.82) is 0 Å². The van der Waals surface area contributed by atoms with Crippen LogP contribution in [0.3, 0.4) is 0 Å². The molecule has 2 rings (SSSR count). The Labute approximate surface area is 104 Å². The van der Waals surface area contributed by atoms with Crippen LogP contribution in [0.25, 0.3) is 0 Å². The molecule has 6 nitrogen and oxygen atoms in total. The highest BCUT2D eigenvalue weighted by Crippen LogP contribution is 2.39. The number of ether oxygens (including phenoxy) is 1. The van der Waals surface area contributed by atoms with Gasteiger partial charge >= 0.3 is 6.09 Å². The Balaban J connectivity index is 2.46. The quantitative estimate of drug-likeness (QED) is 0.645. The third-order valence-corrected chi connectivity index (χ3v) is 3.06. The summed E-state index contributed by atoms with van der Waals surface area (Å²) in [5, 5.41) is 13.7. The van der Waals surface area contributed by atoms with E-state index in [1.807, 2.05) is 13.8 Å². The fourth-order valence-corrected chi connectivity index (χ4v) is 2.09. The van der Waals surface area contributed by atoms with Crippen LogP contribution in [0.1, 0.15) is 25.5 Å². The molecule has 0 saturated carbocycles. The molecule has 1 aliphatic heterocycles. The SMILES string of the molecule is CC1(C)COC(=O)N[C@H]1c1ccccc1[N+](=O)[O-]. The number of benzene rings is 1. The highest BCUT2D eigenvalue weighted by Gasteiger charge is 2.40. The molecule has 1 aliphatic rings. The number of hydrogen-bond donors (Lipinski definition) is 1. The predicted octanol–water partition coefficient (Wildman–Crippen LogP) is 2.40. The van der Waals surface area contributed by atoms with Crippen LogP contribution in [0.4, 0.5) is 10.5 Å². The molecule has 0 unspecified atom stereocenters. The molecule has 6 heteroatoms. The number of carbonyl (C=O) groups excluding carboxylic acids is 1. The van der Waals surface area contributed by atoms with E-state index in [1.54, 1.807) is 18.2 Å². The van der Waals surface area contributed by atoms with Crippen molar-refractivity contribution in [1.82, 2.24) is 5.32 Å². The van der Waals surface area contributed by atoms with Crippen molar-refractivity contribution >= 4 is 11.8 Å². The van der Waals surface area contributed by atoms with Gasteiger partial charge in [-0.15, -0.1) is 0 Å². The minimum atomic E-state index is -0.544. The van der Waals surface area contributed by atoms with Gasteiger partial charge in [-0.25, -0.2) is 4.79 Å². The third kappa shape index (κ3) is 2.13. The van der Waals surface area contributed by atoms with Gasteiger partial charge in [0.1, 0.15) is 6.61 Å². The van der Waals surface area contributed by atoms with Crippen molar-refractivity contribution in [3.8, 4) is 0 Å². The van der Waals surface area contributed by atoms with Crippen LogP contribution in [0.15, 0.2) is 24.3 Å². The van der Waals surface area contributed by atoms with E-state index in [-0.39, 0.29) is 12.3 Å². The van der Waals surface area contributed by atoms with Gasteiger partial charge in [0, 0.05) is 11.5 Å². The van der Waals surface area contributed by atoms with Crippen LogP contribution in [-0.2, 0) is 4.74 Å². The maximum Gasteiger partial charge on any atom is 0.407 e. The van der Waals surface area contributed by atoms with E-state index in [0.29, 0.717) is 5.56 Å². The lowest BCUT2D eigenvalue weighted by atomic mass is 9.80. The summed E-state index contributed by atoms with van der Waals surface area (Å²) in [7, 11) is 0. The maximum atomic E-state index is 11.3. The predicted molar refractivity (Wildman–Crippen MR) is 64.1 cm³/mol. The number of para-hydroxylation sites is 1. The summed E-state index contributed by atoms with van der Waals surface area (Å²) in [5.74, 6) is 0. The molecule has 1 atom stereocenters. The zero-order valence-electron chi connectivity index (χ0n) is 10.2. The fourth-order valence-electron chi connectivity index (χ4n) is 2.09. The molecular weight excluding hydrogens is 236 g/mol. The molecule has 1 aromatic carbocycles. The number of nitro benzene ring substituents is 1. The molecule has 0 spiro atoms. The van der Waals surface area contributed by atoms with Crippen LogP contribution in [0, 0.1) is 15.5 Å². The molecule has 96 valence electrons. The standard InChI is InChI=1S/C12H14N2O4/c1-12(2)7-18-11(15)13-10(12)8-5-3-4-6-9(8)14(16)17/h3-6,10H,7H2,1-2H3,(H,13,15)/t10-/m0/s1. The number of amides is 1. The van der Waals surface area contributed by atoms with Gasteiger partial charge in [-0.3, -0.25) is 10.1 Å². The summed E-state index contributed by atoms with van der Waals surface area (Å²) in [6, 6.07) is 6.00. The minimum absolute atomic E-state index is 0.0118. The monoisotopic (exact) mass is 250 g/mol. The zero-order chi connectivity index (χ0) is 13.3. The Morgan fingerprint density at radius 2 is 2.11 bits per heavy atom. The first kappa shape index (κ1) is 12.3. The second-order valence-corrected chi connectivity index (χ2v) is 4.96. The lowest BCUT2D eigenvalue weighted by Gasteiger charge is -2.38. The molecule has 1 amide bonds. The minimum Gasteiger partial charge on any atom is -0.449 e. The molecule has 0 bridgehead atoms. The smallest absolute Gasteiger partial charge is 0.407 e. The van der Waals surface area contributed by atoms with E-state index in [9.17, 15) is 14.9 Å². The van der Waals surface area contributed by atoms with Gasteiger partial charge in [-0.1, -0.05) is 32.0 Å². The van der Waals surface area contributed by atoms with E-state index < -0.39 is 22.5 Å². The molecule has 1 aromatic rings. The lowest BCUT2D eigenvalue weighted by molar-refractivity contribution is -0.386. The number of rotatable bonds is 2.